The van der Waals surface area contributed by atoms with Crippen molar-refractivity contribution in [2.75, 3.05) is 38.2 Å². The predicted octanol–water partition coefficient (Wildman–Crippen LogP) is 2.46. The number of fused-ring (bicyclic) bond motifs is 1. The molecule has 1 aliphatic rings. The van der Waals surface area contributed by atoms with Gasteiger partial charge in [0.1, 0.15) is 17.3 Å². The molecule has 1 aliphatic heterocycles. The van der Waals surface area contributed by atoms with Crippen molar-refractivity contribution in [1.82, 2.24) is 19.7 Å². The largest absolute Gasteiger partial charge is 0.505 e. The van der Waals surface area contributed by atoms with Crippen molar-refractivity contribution in [2.24, 2.45) is 0 Å². The lowest BCUT2D eigenvalue weighted by Gasteiger charge is -2.35. The highest BCUT2D eigenvalue weighted by molar-refractivity contribution is 5.94. The summed E-state index contributed by atoms with van der Waals surface area (Å²) < 4.78 is 6.38. The van der Waals surface area contributed by atoms with Crippen LogP contribution in [0.2, 0.25) is 0 Å². The number of aromatic hydroxyl groups is 1. The molecule has 0 unspecified atom stereocenters. The summed E-state index contributed by atoms with van der Waals surface area (Å²) in [7, 11) is 1.49. The molecule has 1 N–H and O–H groups in total. The van der Waals surface area contributed by atoms with Crippen LogP contribution in [0.25, 0.3) is 16.6 Å². The van der Waals surface area contributed by atoms with Crippen molar-refractivity contribution in [3.63, 3.8) is 0 Å². The van der Waals surface area contributed by atoms with Crippen LogP contribution in [-0.2, 0) is 0 Å². The van der Waals surface area contributed by atoms with Crippen LogP contribution < -0.4 is 15.2 Å². The fourth-order valence-corrected chi connectivity index (χ4v) is 4.10. The molecule has 172 valence electrons. The van der Waals surface area contributed by atoms with Gasteiger partial charge in [-0.3, -0.25) is 9.59 Å². The van der Waals surface area contributed by atoms with E-state index in [4.69, 9.17) is 9.72 Å². The molecule has 34 heavy (non-hydrogen) atoms. The van der Waals surface area contributed by atoms with E-state index < -0.39 is 17.2 Å². The van der Waals surface area contributed by atoms with Crippen LogP contribution in [0.15, 0.2) is 71.5 Å². The summed E-state index contributed by atoms with van der Waals surface area (Å²) >= 11 is 0. The van der Waals surface area contributed by atoms with Crippen LogP contribution in [0.5, 0.6) is 11.5 Å². The highest BCUT2D eigenvalue weighted by Crippen LogP contribution is 2.23. The number of para-hydroxylation sites is 3. The number of carbonyl (C=O) groups excluding carboxylic acids is 1. The van der Waals surface area contributed by atoms with Crippen molar-refractivity contribution in [3.8, 4) is 17.2 Å². The quantitative estimate of drug-likeness (QED) is 0.502. The summed E-state index contributed by atoms with van der Waals surface area (Å²) in [5, 5.41) is 15.6. The fourth-order valence-electron chi connectivity index (χ4n) is 4.10. The minimum absolute atomic E-state index is 0.178. The number of pyridine rings is 1. The van der Waals surface area contributed by atoms with Gasteiger partial charge in [-0.25, -0.2) is 4.98 Å². The monoisotopic (exact) mass is 457 g/mol. The number of nitrogens with zero attached hydrogens (tertiary/aromatic N) is 5. The van der Waals surface area contributed by atoms with Gasteiger partial charge in [0.2, 0.25) is 0 Å². The fraction of sp³-hybridized carbons (Fsp3) is 0.200. The molecule has 9 heteroatoms. The third-order valence-electron chi connectivity index (χ3n) is 5.90. The number of amides is 1. The lowest BCUT2D eigenvalue weighted by atomic mass is 10.2. The Hall–Kier alpha value is -4.40. The number of aromatic nitrogens is 3. The summed E-state index contributed by atoms with van der Waals surface area (Å²) in [6, 6.07) is 19.8. The Morgan fingerprint density at radius 3 is 2.50 bits per heavy atom. The Morgan fingerprint density at radius 1 is 0.971 bits per heavy atom. The minimum atomic E-state index is -0.564. The Morgan fingerprint density at radius 2 is 1.71 bits per heavy atom. The number of rotatable bonds is 4. The molecule has 1 amide bonds. The van der Waals surface area contributed by atoms with E-state index in [-0.39, 0.29) is 5.69 Å². The predicted molar refractivity (Wildman–Crippen MR) is 128 cm³/mol. The van der Waals surface area contributed by atoms with Crippen molar-refractivity contribution in [2.45, 2.75) is 0 Å². The molecule has 9 nitrogen and oxygen atoms in total. The summed E-state index contributed by atoms with van der Waals surface area (Å²) in [6.07, 6.45) is 0. The van der Waals surface area contributed by atoms with Crippen LogP contribution in [-0.4, -0.2) is 64.0 Å². The minimum Gasteiger partial charge on any atom is -0.505 e. The first kappa shape index (κ1) is 21.4. The van der Waals surface area contributed by atoms with Crippen LogP contribution in [0, 0.1) is 0 Å². The van der Waals surface area contributed by atoms with Crippen molar-refractivity contribution in [3.05, 3.63) is 82.8 Å². The molecule has 0 spiro atoms. The van der Waals surface area contributed by atoms with Gasteiger partial charge < -0.3 is 19.6 Å². The Labute approximate surface area is 195 Å². The number of hydrogen-bond donors (Lipinski definition) is 1. The summed E-state index contributed by atoms with van der Waals surface area (Å²) in [4.78, 5) is 34.2. The standard InChI is InChI=1S/C25H23N5O4/c1-34-21-9-5-4-8-19(21)30-23(32)16-20(31)24(27-30)25(33)29-14-12-28(13-15-29)22-11-10-17-6-2-3-7-18(17)26-22/h2-11,16,31H,12-15H2,1H3. The molecule has 0 radical (unpaired) electrons. The van der Waals surface area contributed by atoms with E-state index in [1.165, 1.54) is 7.11 Å². The third-order valence-corrected chi connectivity index (χ3v) is 5.90. The Bertz CT molecular complexity index is 1430. The summed E-state index contributed by atoms with van der Waals surface area (Å²) in [5.74, 6) is 0.404. The van der Waals surface area contributed by atoms with Gasteiger partial charge >= 0.3 is 0 Å². The van der Waals surface area contributed by atoms with Gasteiger partial charge in [0, 0.05) is 37.6 Å². The van der Waals surface area contributed by atoms with E-state index in [9.17, 15) is 14.7 Å². The summed E-state index contributed by atoms with van der Waals surface area (Å²) in [6.45, 7) is 2.04. The molecule has 0 bridgehead atoms. The number of anilines is 1. The molecular weight excluding hydrogens is 434 g/mol. The highest BCUT2D eigenvalue weighted by Gasteiger charge is 2.27. The second kappa shape index (κ2) is 8.86. The third kappa shape index (κ3) is 3.92. The topological polar surface area (TPSA) is 101 Å². The number of benzene rings is 2. The molecule has 1 saturated heterocycles. The maximum absolute atomic E-state index is 13.2. The lowest BCUT2D eigenvalue weighted by Crippen LogP contribution is -2.49. The zero-order chi connectivity index (χ0) is 23.7. The highest BCUT2D eigenvalue weighted by atomic mass is 16.5. The number of methoxy groups -OCH3 is 1. The number of carbonyl (C=O) groups is 1. The van der Waals surface area contributed by atoms with E-state index in [0.29, 0.717) is 37.6 Å². The van der Waals surface area contributed by atoms with Gasteiger partial charge in [-0.15, -0.1) is 0 Å². The molecule has 2 aromatic heterocycles. The molecule has 0 atom stereocenters. The molecule has 0 saturated carbocycles. The van der Waals surface area contributed by atoms with Gasteiger partial charge in [-0.05, 0) is 30.3 Å². The molecule has 3 heterocycles. The van der Waals surface area contributed by atoms with Crippen molar-refractivity contribution in [1.29, 1.82) is 0 Å². The van der Waals surface area contributed by atoms with Gasteiger partial charge in [0.25, 0.3) is 11.5 Å². The average molecular weight is 457 g/mol. The number of piperazine rings is 1. The molecule has 4 aromatic rings. The van der Waals surface area contributed by atoms with E-state index in [0.717, 1.165) is 27.5 Å². The van der Waals surface area contributed by atoms with E-state index in [2.05, 4.69) is 10.00 Å². The van der Waals surface area contributed by atoms with Crippen molar-refractivity contribution >= 4 is 22.6 Å². The second-order valence-electron chi connectivity index (χ2n) is 7.94. The zero-order valence-electron chi connectivity index (χ0n) is 18.6. The molecule has 2 aromatic carbocycles. The zero-order valence-corrected chi connectivity index (χ0v) is 18.6. The molecule has 1 fully saturated rings. The maximum atomic E-state index is 13.2. The first-order valence-corrected chi connectivity index (χ1v) is 10.9. The van der Waals surface area contributed by atoms with Gasteiger partial charge in [-0.1, -0.05) is 30.3 Å². The number of ether oxygens (including phenoxy) is 1. The van der Waals surface area contributed by atoms with Crippen molar-refractivity contribution < 1.29 is 14.6 Å². The first-order chi connectivity index (χ1) is 16.5. The van der Waals surface area contributed by atoms with E-state index >= 15 is 0 Å². The van der Waals surface area contributed by atoms with Gasteiger partial charge in [-0.2, -0.15) is 9.78 Å². The summed E-state index contributed by atoms with van der Waals surface area (Å²) in [5.41, 5.74) is 0.566. The second-order valence-corrected chi connectivity index (χ2v) is 7.94. The lowest BCUT2D eigenvalue weighted by molar-refractivity contribution is 0.0735. The Balaban J connectivity index is 1.36. The van der Waals surface area contributed by atoms with Crippen LogP contribution in [0.1, 0.15) is 10.5 Å². The molecule has 0 aliphatic carbocycles. The maximum Gasteiger partial charge on any atom is 0.278 e. The number of hydrogen-bond acceptors (Lipinski definition) is 7. The first-order valence-electron chi connectivity index (χ1n) is 10.9. The van der Waals surface area contributed by atoms with Crippen LogP contribution >= 0.6 is 0 Å². The normalized spacial score (nSPS) is 13.8. The van der Waals surface area contributed by atoms with Gasteiger partial charge in [0.05, 0.1) is 12.6 Å². The molecular formula is C25H23N5O4. The van der Waals surface area contributed by atoms with Gasteiger partial charge in [0.15, 0.2) is 11.4 Å². The SMILES string of the molecule is COc1ccccc1-n1nc(C(=O)N2CCN(c3ccc4ccccc4n3)CC2)c(O)cc1=O. The van der Waals surface area contributed by atoms with E-state index in [1.807, 2.05) is 36.4 Å². The average Bonchev–Trinajstić information content (AvgIpc) is 2.88. The van der Waals surface area contributed by atoms with Crippen LogP contribution in [0.3, 0.4) is 0 Å². The van der Waals surface area contributed by atoms with E-state index in [1.54, 1.807) is 29.2 Å². The van der Waals surface area contributed by atoms with Crippen LogP contribution in [0.4, 0.5) is 5.82 Å². The molecule has 5 rings (SSSR count). The smallest absolute Gasteiger partial charge is 0.278 e. The Kier molecular flexibility index (Phi) is 5.59.